The number of carbonyl (C=O) groups is 5. The van der Waals surface area contributed by atoms with Crippen LogP contribution in [0.2, 0.25) is 0 Å². The predicted molar refractivity (Wildman–Crippen MR) is 74.3 cm³/mol. The van der Waals surface area contributed by atoms with E-state index in [1.807, 2.05) is 0 Å². The molecule has 118 valence electrons. The van der Waals surface area contributed by atoms with Gasteiger partial charge in [-0.3, -0.25) is 33.8 Å². The SMILES string of the molecule is O=C(O)CN1C(=O)CCC(N2C(=O)c3ccccc3C2=O)C1=O. The molecule has 0 bridgehead atoms. The summed E-state index contributed by atoms with van der Waals surface area (Å²) in [4.78, 5) is 61.1. The van der Waals surface area contributed by atoms with Crippen molar-refractivity contribution in [1.82, 2.24) is 9.80 Å². The number of hydrogen-bond acceptors (Lipinski definition) is 5. The number of likely N-dealkylation sites (tertiary alicyclic amines) is 1. The molecule has 1 fully saturated rings. The van der Waals surface area contributed by atoms with Gasteiger partial charge in [-0.05, 0) is 18.6 Å². The number of aliphatic carboxylic acids is 1. The van der Waals surface area contributed by atoms with Gasteiger partial charge in [0.15, 0.2) is 0 Å². The highest BCUT2D eigenvalue weighted by Crippen LogP contribution is 2.28. The predicted octanol–water partition coefficient (Wildman–Crippen LogP) is -0.115. The Morgan fingerprint density at radius 1 is 1.09 bits per heavy atom. The van der Waals surface area contributed by atoms with Crippen LogP contribution in [0.25, 0.3) is 0 Å². The number of rotatable bonds is 3. The van der Waals surface area contributed by atoms with Crippen molar-refractivity contribution in [2.45, 2.75) is 18.9 Å². The van der Waals surface area contributed by atoms with Gasteiger partial charge < -0.3 is 5.11 Å². The number of piperidine rings is 1. The molecule has 0 radical (unpaired) electrons. The fraction of sp³-hybridized carbons (Fsp3) is 0.267. The molecule has 23 heavy (non-hydrogen) atoms. The van der Waals surface area contributed by atoms with E-state index in [9.17, 15) is 24.0 Å². The zero-order chi connectivity index (χ0) is 16.7. The molecule has 2 aliphatic rings. The Morgan fingerprint density at radius 2 is 1.65 bits per heavy atom. The molecule has 1 saturated heterocycles. The first-order valence-electron chi connectivity index (χ1n) is 6.94. The van der Waals surface area contributed by atoms with Gasteiger partial charge in [0.1, 0.15) is 12.6 Å². The Balaban J connectivity index is 1.92. The Morgan fingerprint density at radius 3 is 2.17 bits per heavy atom. The summed E-state index contributed by atoms with van der Waals surface area (Å²) in [5.74, 6) is -4.00. The number of amides is 4. The van der Waals surface area contributed by atoms with E-state index >= 15 is 0 Å². The van der Waals surface area contributed by atoms with Gasteiger partial charge in [0.25, 0.3) is 17.7 Å². The van der Waals surface area contributed by atoms with Crippen molar-refractivity contribution in [3.05, 3.63) is 35.4 Å². The lowest BCUT2D eigenvalue weighted by Gasteiger charge is -2.33. The average Bonchev–Trinajstić information content (AvgIpc) is 2.76. The van der Waals surface area contributed by atoms with Crippen molar-refractivity contribution >= 4 is 29.6 Å². The molecule has 1 aromatic rings. The van der Waals surface area contributed by atoms with Crippen molar-refractivity contribution in [2.75, 3.05) is 6.54 Å². The van der Waals surface area contributed by atoms with Crippen LogP contribution in [0, 0.1) is 0 Å². The maximum Gasteiger partial charge on any atom is 0.323 e. The minimum Gasteiger partial charge on any atom is -0.480 e. The van der Waals surface area contributed by atoms with Gasteiger partial charge in [-0.15, -0.1) is 0 Å². The third kappa shape index (κ3) is 2.28. The lowest BCUT2D eigenvalue weighted by molar-refractivity contribution is -0.157. The molecule has 1 N–H and O–H groups in total. The second-order valence-corrected chi connectivity index (χ2v) is 5.29. The molecule has 4 amide bonds. The first kappa shape index (κ1) is 14.9. The first-order valence-corrected chi connectivity index (χ1v) is 6.94. The highest BCUT2D eigenvalue weighted by molar-refractivity contribution is 6.23. The number of imide groups is 2. The van der Waals surface area contributed by atoms with Gasteiger partial charge in [-0.2, -0.15) is 0 Å². The van der Waals surface area contributed by atoms with Gasteiger partial charge in [0.05, 0.1) is 11.1 Å². The molecule has 3 rings (SSSR count). The van der Waals surface area contributed by atoms with Gasteiger partial charge >= 0.3 is 5.97 Å². The largest absolute Gasteiger partial charge is 0.480 e. The lowest BCUT2D eigenvalue weighted by atomic mass is 10.0. The van der Waals surface area contributed by atoms with E-state index < -0.39 is 42.2 Å². The van der Waals surface area contributed by atoms with Crippen molar-refractivity contribution < 1.29 is 29.1 Å². The number of nitrogens with zero attached hydrogens (tertiary/aromatic N) is 2. The van der Waals surface area contributed by atoms with E-state index in [1.165, 1.54) is 12.1 Å². The Bertz CT molecular complexity index is 721. The van der Waals surface area contributed by atoms with Gasteiger partial charge in [0.2, 0.25) is 5.91 Å². The molecule has 0 saturated carbocycles. The summed E-state index contributed by atoms with van der Waals surface area (Å²) in [6, 6.07) is 5.04. The van der Waals surface area contributed by atoms with Crippen LogP contribution in [-0.2, 0) is 14.4 Å². The van der Waals surface area contributed by atoms with Gasteiger partial charge in [0, 0.05) is 6.42 Å². The highest BCUT2D eigenvalue weighted by atomic mass is 16.4. The maximum atomic E-state index is 12.4. The fourth-order valence-corrected chi connectivity index (χ4v) is 2.85. The molecule has 8 heteroatoms. The van der Waals surface area contributed by atoms with E-state index in [2.05, 4.69) is 0 Å². The third-order valence-electron chi connectivity index (χ3n) is 3.91. The number of carboxylic acids is 1. The summed E-state index contributed by atoms with van der Waals surface area (Å²) in [5.41, 5.74) is 0.402. The highest BCUT2D eigenvalue weighted by Gasteiger charge is 2.47. The first-order chi connectivity index (χ1) is 10.9. The number of carbonyl (C=O) groups excluding carboxylic acids is 4. The van der Waals surface area contributed by atoms with Crippen LogP contribution in [0.5, 0.6) is 0 Å². The fourth-order valence-electron chi connectivity index (χ4n) is 2.85. The topological polar surface area (TPSA) is 112 Å². The monoisotopic (exact) mass is 316 g/mol. The molecule has 0 spiro atoms. The second-order valence-electron chi connectivity index (χ2n) is 5.29. The van der Waals surface area contributed by atoms with Gasteiger partial charge in [-0.1, -0.05) is 12.1 Å². The quantitative estimate of drug-likeness (QED) is 0.778. The molecule has 1 atom stereocenters. The summed E-state index contributed by atoms with van der Waals surface area (Å²) < 4.78 is 0. The van der Waals surface area contributed by atoms with Gasteiger partial charge in [-0.25, -0.2) is 0 Å². The molecule has 0 aromatic heterocycles. The molecular weight excluding hydrogens is 304 g/mol. The van der Waals surface area contributed by atoms with Crippen molar-refractivity contribution in [2.24, 2.45) is 0 Å². The number of carboxylic acid groups (broad SMARTS) is 1. The van der Waals surface area contributed by atoms with Crippen LogP contribution >= 0.6 is 0 Å². The summed E-state index contributed by atoms with van der Waals surface area (Å²) in [5, 5.41) is 8.81. The number of benzene rings is 1. The summed E-state index contributed by atoms with van der Waals surface area (Å²) in [6.07, 6.45) is -0.101. The van der Waals surface area contributed by atoms with E-state index in [-0.39, 0.29) is 24.0 Å². The van der Waals surface area contributed by atoms with Crippen LogP contribution in [0.1, 0.15) is 33.6 Å². The van der Waals surface area contributed by atoms with E-state index in [0.717, 1.165) is 4.90 Å². The second kappa shape index (κ2) is 5.31. The molecule has 0 aliphatic carbocycles. The molecule has 1 unspecified atom stereocenters. The van der Waals surface area contributed by atoms with Crippen molar-refractivity contribution in [3.63, 3.8) is 0 Å². The number of fused-ring (bicyclic) bond motifs is 1. The summed E-state index contributed by atoms with van der Waals surface area (Å²) >= 11 is 0. The normalized spacial score (nSPS) is 21.0. The van der Waals surface area contributed by atoms with Crippen LogP contribution in [0.3, 0.4) is 0 Å². The van der Waals surface area contributed by atoms with Crippen LogP contribution in [0.4, 0.5) is 0 Å². The van der Waals surface area contributed by atoms with E-state index in [1.54, 1.807) is 12.1 Å². The molecule has 8 nitrogen and oxygen atoms in total. The van der Waals surface area contributed by atoms with Crippen LogP contribution in [0.15, 0.2) is 24.3 Å². The molecule has 2 heterocycles. The molecular formula is C15H12N2O6. The minimum absolute atomic E-state index is 0.000740. The van der Waals surface area contributed by atoms with Crippen LogP contribution in [-0.4, -0.2) is 57.1 Å². The van der Waals surface area contributed by atoms with Crippen molar-refractivity contribution in [1.29, 1.82) is 0 Å². The number of hydrogen-bond donors (Lipinski definition) is 1. The molecule has 2 aliphatic heterocycles. The lowest BCUT2D eigenvalue weighted by Crippen LogP contribution is -2.57. The van der Waals surface area contributed by atoms with E-state index in [4.69, 9.17) is 5.11 Å². The van der Waals surface area contributed by atoms with E-state index in [0.29, 0.717) is 4.90 Å². The zero-order valence-electron chi connectivity index (χ0n) is 11.9. The standard InChI is InChI=1S/C15H12N2O6/c18-11-6-5-10(15(23)16(11)7-12(19)20)17-13(21)8-3-1-2-4-9(8)14(17)22/h1-4,10H,5-7H2,(H,19,20). The molecule has 1 aromatic carbocycles. The Kier molecular flexibility index (Phi) is 3.44. The summed E-state index contributed by atoms with van der Waals surface area (Å²) in [7, 11) is 0. The minimum atomic E-state index is -1.34. The smallest absolute Gasteiger partial charge is 0.323 e. The average molecular weight is 316 g/mol. The summed E-state index contributed by atoms with van der Waals surface area (Å²) in [6.45, 7) is -0.780. The van der Waals surface area contributed by atoms with Crippen molar-refractivity contribution in [3.8, 4) is 0 Å². The Labute approximate surface area is 130 Å². The zero-order valence-corrected chi connectivity index (χ0v) is 11.9. The Hall–Kier alpha value is -3.03. The van der Waals surface area contributed by atoms with Crippen LogP contribution < -0.4 is 0 Å². The third-order valence-corrected chi connectivity index (χ3v) is 3.91. The maximum absolute atomic E-state index is 12.4.